The first kappa shape index (κ1) is 13.4. The van der Waals surface area contributed by atoms with Crippen LogP contribution in [-0.2, 0) is 6.54 Å². The molecular formula is C15H16FN5. The second-order valence-corrected chi connectivity index (χ2v) is 4.65. The Morgan fingerprint density at radius 3 is 3.00 bits per heavy atom. The topological polar surface area (TPSA) is 54.2 Å². The van der Waals surface area contributed by atoms with E-state index in [-0.39, 0.29) is 5.82 Å². The summed E-state index contributed by atoms with van der Waals surface area (Å²) in [6.45, 7) is 3.29. The zero-order valence-corrected chi connectivity index (χ0v) is 11.7. The summed E-state index contributed by atoms with van der Waals surface area (Å²) >= 11 is 0. The molecule has 21 heavy (non-hydrogen) atoms. The average molecular weight is 285 g/mol. The Morgan fingerprint density at radius 1 is 1.29 bits per heavy atom. The van der Waals surface area contributed by atoms with Crippen LogP contribution in [0.2, 0.25) is 0 Å². The normalized spacial score (nSPS) is 10.8. The van der Waals surface area contributed by atoms with E-state index in [1.807, 2.05) is 29.8 Å². The number of fused-ring (bicyclic) bond motifs is 1. The number of nitrogens with one attached hydrogen (secondary N) is 2. The first-order valence-corrected chi connectivity index (χ1v) is 6.82. The van der Waals surface area contributed by atoms with Gasteiger partial charge < -0.3 is 15.0 Å². The molecule has 0 amide bonds. The van der Waals surface area contributed by atoms with Crippen LogP contribution in [0.15, 0.2) is 42.9 Å². The number of halogens is 1. The lowest BCUT2D eigenvalue weighted by atomic mass is 10.2. The zero-order valence-electron chi connectivity index (χ0n) is 11.7. The number of hydrogen-bond acceptors (Lipinski definition) is 4. The highest BCUT2D eigenvalue weighted by Crippen LogP contribution is 2.17. The minimum Gasteiger partial charge on any atom is -0.369 e. The lowest BCUT2D eigenvalue weighted by Crippen LogP contribution is -2.07. The molecule has 0 saturated carbocycles. The third-order valence-corrected chi connectivity index (χ3v) is 3.08. The second-order valence-electron chi connectivity index (χ2n) is 4.65. The van der Waals surface area contributed by atoms with Gasteiger partial charge in [0.2, 0.25) is 0 Å². The van der Waals surface area contributed by atoms with Crippen molar-refractivity contribution in [2.75, 3.05) is 17.2 Å². The molecule has 0 unspecified atom stereocenters. The van der Waals surface area contributed by atoms with Gasteiger partial charge in [0.1, 0.15) is 11.6 Å². The molecule has 3 aromatic rings. The number of rotatable bonds is 5. The van der Waals surface area contributed by atoms with Gasteiger partial charge in [-0.05, 0) is 24.6 Å². The predicted octanol–water partition coefficient (Wildman–Crippen LogP) is 2.91. The Balaban J connectivity index is 1.86. The van der Waals surface area contributed by atoms with Gasteiger partial charge in [-0.1, -0.05) is 12.1 Å². The molecule has 0 aliphatic heterocycles. The number of nitrogens with zero attached hydrogens (tertiary/aromatic N) is 3. The monoisotopic (exact) mass is 285 g/mol. The fourth-order valence-corrected chi connectivity index (χ4v) is 2.15. The number of benzene rings is 1. The molecule has 2 N–H and O–H groups in total. The van der Waals surface area contributed by atoms with Gasteiger partial charge >= 0.3 is 0 Å². The van der Waals surface area contributed by atoms with Crippen LogP contribution < -0.4 is 10.6 Å². The summed E-state index contributed by atoms with van der Waals surface area (Å²) in [5.74, 6) is 1.20. The Hall–Kier alpha value is -2.63. The van der Waals surface area contributed by atoms with Crippen molar-refractivity contribution in [3.8, 4) is 0 Å². The molecule has 0 aliphatic carbocycles. The summed E-state index contributed by atoms with van der Waals surface area (Å²) in [5.41, 5.74) is 1.60. The summed E-state index contributed by atoms with van der Waals surface area (Å²) in [4.78, 5) is 8.79. The van der Waals surface area contributed by atoms with Crippen LogP contribution >= 0.6 is 0 Å². The molecule has 5 nitrogen and oxygen atoms in total. The van der Waals surface area contributed by atoms with Crippen LogP contribution in [-0.4, -0.2) is 20.9 Å². The maximum Gasteiger partial charge on any atom is 0.180 e. The quantitative estimate of drug-likeness (QED) is 0.757. The number of imidazole rings is 1. The fourth-order valence-electron chi connectivity index (χ4n) is 2.15. The van der Waals surface area contributed by atoms with Crippen molar-refractivity contribution in [1.82, 2.24) is 14.4 Å². The molecule has 1 aromatic carbocycles. The lowest BCUT2D eigenvalue weighted by molar-refractivity contribution is 0.626. The average Bonchev–Trinajstić information content (AvgIpc) is 2.93. The lowest BCUT2D eigenvalue weighted by Gasteiger charge is -2.10. The first-order valence-electron chi connectivity index (χ1n) is 6.82. The molecular weight excluding hydrogens is 269 g/mol. The Kier molecular flexibility index (Phi) is 3.68. The fraction of sp³-hybridized carbons (Fsp3) is 0.200. The van der Waals surface area contributed by atoms with Crippen LogP contribution in [0, 0.1) is 5.82 Å². The summed E-state index contributed by atoms with van der Waals surface area (Å²) in [6, 6.07) is 6.50. The Bertz CT molecular complexity index is 753. The Labute approximate surface area is 121 Å². The number of aromatic nitrogens is 3. The Morgan fingerprint density at radius 2 is 2.19 bits per heavy atom. The second kappa shape index (κ2) is 5.78. The molecule has 6 heteroatoms. The highest BCUT2D eigenvalue weighted by atomic mass is 19.1. The molecule has 0 spiro atoms. The molecule has 0 saturated heterocycles. The summed E-state index contributed by atoms with van der Waals surface area (Å²) in [6.07, 6.45) is 5.48. The third kappa shape index (κ3) is 2.94. The van der Waals surface area contributed by atoms with Crippen LogP contribution in [0.1, 0.15) is 12.5 Å². The summed E-state index contributed by atoms with van der Waals surface area (Å²) in [7, 11) is 0. The van der Waals surface area contributed by atoms with Crippen molar-refractivity contribution >= 4 is 17.3 Å². The minimum absolute atomic E-state index is 0.241. The number of anilines is 2. The van der Waals surface area contributed by atoms with Gasteiger partial charge in [-0.25, -0.2) is 14.4 Å². The van der Waals surface area contributed by atoms with Gasteiger partial charge in [0.05, 0.1) is 6.20 Å². The number of hydrogen-bond donors (Lipinski definition) is 2. The minimum atomic E-state index is -0.241. The smallest absolute Gasteiger partial charge is 0.180 e. The van der Waals surface area contributed by atoms with Crippen LogP contribution in [0.25, 0.3) is 5.65 Å². The standard InChI is InChI=1S/C15H16FN5/c1-2-17-13-10-21-7-6-18-15(21)14(20-13)19-9-11-4-3-5-12(16)8-11/h3-8,10,17H,2,9H2,1H3,(H,19,20). The van der Waals surface area contributed by atoms with Crippen LogP contribution in [0.5, 0.6) is 0 Å². The van der Waals surface area contributed by atoms with Gasteiger partial charge in [-0.3, -0.25) is 0 Å². The molecule has 0 fully saturated rings. The van der Waals surface area contributed by atoms with Crippen molar-refractivity contribution in [2.45, 2.75) is 13.5 Å². The van der Waals surface area contributed by atoms with E-state index >= 15 is 0 Å². The molecule has 0 radical (unpaired) electrons. The molecule has 0 bridgehead atoms. The molecule has 3 rings (SSSR count). The van der Waals surface area contributed by atoms with Crippen molar-refractivity contribution in [3.05, 3.63) is 54.2 Å². The van der Waals surface area contributed by atoms with Crippen molar-refractivity contribution < 1.29 is 4.39 Å². The SMILES string of the molecule is CCNc1cn2ccnc2c(NCc2cccc(F)c2)n1. The van der Waals surface area contributed by atoms with Gasteiger partial charge in [-0.15, -0.1) is 0 Å². The van der Waals surface area contributed by atoms with E-state index in [1.165, 1.54) is 12.1 Å². The van der Waals surface area contributed by atoms with E-state index in [9.17, 15) is 4.39 Å². The first-order chi connectivity index (χ1) is 10.3. The largest absolute Gasteiger partial charge is 0.369 e. The molecule has 2 aromatic heterocycles. The maximum absolute atomic E-state index is 13.2. The zero-order chi connectivity index (χ0) is 14.7. The van der Waals surface area contributed by atoms with Crippen LogP contribution in [0.3, 0.4) is 0 Å². The van der Waals surface area contributed by atoms with E-state index < -0.39 is 0 Å². The van der Waals surface area contributed by atoms with Gasteiger partial charge in [0.15, 0.2) is 11.5 Å². The van der Waals surface area contributed by atoms with Gasteiger partial charge in [0.25, 0.3) is 0 Å². The van der Waals surface area contributed by atoms with Gasteiger partial charge in [-0.2, -0.15) is 0 Å². The predicted molar refractivity (Wildman–Crippen MR) is 80.9 cm³/mol. The molecule has 0 atom stereocenters. The molecule has 2 heterocycles. The molecule has 108 valence electrons. The van der Waals surface area contributed by atoms with Crippen LogP contribution in [0.4, 0.5) is 16.0 Å². The van der Waals surface area contributed by atoms with E-state index in [0.29, 0.717) is 12.4 Å². The highest BCUT2D eigenvalue weighted by molar-refractivity contribution is 5.65. The van der Waals surface area contributed by atoms with Gasteiger partial charge in [0, 0.05) is 25.5 Å². The van der Waals surface area contributed by atoms with E-state index in [1.54, 1.807) is 12.3 Å². The highest BCUT2D eigenvalue weighted by Gasteiger charge is 2.07. The third-order valence-electron chi connectivity index (χ3n) is 3.08. The van der Waals surface area contributed by atoms with Crippen molar-refractivity contribution in [2.24, 2.45) is 0 Å². The van der Waals surface area contributed by atoms with E-state index in [2.05, 4.69) is 20.6 Å². The van der Waals surface area contributed by atoms with E-state index in [4.69, 9.17) is 0 Å². The summed E-state index contributed by atoms with van der Waals surface area (Å²) in [5, 5.41) is 6.39. The summed E-state index contributed by atoms with van der Waals surface area (Å²) < 4.78 is 15.1. The van der Waals surface area contributed by atoms with Crippen molar-refractivity contribution in [3.63, 3.8) is 0 Å². The maximum atomic E-state index is 13.2. The van der Waals surface area contributed by atoms with Crippen molar-refractivity contribution in [1.29, 1.82) is 0 Å². The molecule has 0 aliphatic rings. The van der Waals surface area contributed by atoms with E-state index in [0.717, 1.165) is 23.6 Å².